The lowest BCUT2D eigenvalue weighted by Crippen LogP contribution is -1.81. The van der Waals surface area contributed by atoms with Gasteiger partial charge in [0, 0.05) is 4.90 Å². The SMILES string of the molecule is CSc1ccc(-c2ccc(-c3ccc(C)cc3)cc2)cc1. The van der Waals surface area contributed by atoms with Crippen LogP contribution in [0.2, 0.25) is 0 Å². The minimum Gasteiger partial charge on any atom is -0.130 e. The van der Waals surface area contributed by atoms with Crippen LogP contribution >= 0.6 is 11.8 Å². The Morgan fingerprint density at radius 2 is 0.857 bits per heavy atom. The molecule has 0 nitrogen and oxygen atoms in total. The first kappa shape index (κ1) is 14.0. The zero-order valence-corrected chi connectivity index (χ0v) is 13.2. The second kappa shape index (κ2) is 6.19. The van der Waals surface area contributed by atoms with E-state index in [4.69, 9.17) is 0 Å². The Morgan fingerprint density at radius 1 is 0.524 bits per heavy atom. The predicted octanol–water partition coefficient (Wildman–Crippen LogP) is 6.05. The molecule has 0 saturated heterocycles. The molecule has 3 aromatic carbocycles. The Labute approximate surface area is 130 Å². The molecule has 0 aliphatic carbocycles. The van der Waals surface area contributed by atoms with Crippen molar-refractivity contribution in [2.24, 2.45) is 0 Å². The molecular formula is C20H18S. The molecule has 0 N–H and O–H groups in total. The molecular weight excluding hydrogens is 272 g/mol. The highest BCUT2D eigenvalue weighted by atomic mass is 32.2. The summed E-state index contributed by atoms with van der Waals surface area (Å²) < 4.78 is 0. The smallest absolute Gasteiger partial charge is 0.00695 e. The summed E-state index contributed by atoms with van der Waals surface area (Å²) in [6.45, 7) is 2.12. The van der Waals surface area contributed by atoms with Crippen LogP contribution in [0.25, 0.3) is 22.3 Å². The van der Waals surface area contributed by atoms with Crippen molar-refractivity contribution in [1.82, 2.24) is 0 Å². The fourth-order valence-electron chi connectivity index (χ4n) is 2.38. The minimum absolute atomic E-state index is 1.26. The van der Waals surface area contributed by atoms with Crippen LogP contribution < -0.4 is 0 Å². The standard InChI is InChI=1S/C20H18S/c1-15-3-5-16(6-4-15)17-7-9-18(10-8-17)19-11-13-20(21-2)14-12-19/h3-14H,1-2H3. The van der Waals surface area contributed by atoms with Crippen molar-refractivity contribution in [2.45, 2.75) is 11.8 Å². The van der Waals surface area contributed by atoms with Crippen molar-refractivity contribution >= 4 is 11.8 Å². The highest BCUT2D eigenvalue weighted by Crippen LogP contribution is 2.26. The Bertz CT molecular complexity index is 707. The molecule has 1 heteroatoms. The molecule has 0 unspecified atom stereocenters. The zero-order valence-electron chi connectivity index (χ0n) is 12.3. The summed E-state index contributed by atoms with van der Waals surface area (Å²) in [7, 11) is 0. The third kappa shape index (κ3) is 3.20. The maximum Gasteiger partial charge on any atom is 0.00695 e. The molecule has 3 rings (SSSR count). The molecule has 0 heterocycles. The molecule has 0 spiro atoms. The maximum absolute atomic E-state index is 2.20. The normalized spacial score (nSPS) is 10.6. The fourth-order valence-corrected chi connectivity index (χ4v) is 2.79. The monoisotopic (exact) mass is 290 g/mol. The van der Waals surface area contributed by atoms with Crippen LogP contribution in [0, 0.1) is 6.92 Å². The van der Waals surface area contributed by atoms with Gasteiger partial charge in [-0.3, -0.25) is 0 Å². The lowest BCUT2D eigenvalue weighted by Gasteiger charge is -2.06. The molecule has 0 saturated carbocycles. The first-order valence-electron chi connectivity index (χ1n) is 7.08. The minimum atomic E-state index is 1.26. The molecule has 0 amide bonds. The van der Waals surface area contributed by atoms with Crippen molar-refractivity contribution in [3.63, 3.8) is 0 Å². The third-order valence-corrected chi connectivity index (χ3v) is 4.44. The molecule has 0 aliphatic heterocycles. The first-order valence-corrected chi connectivity index (χ1v) is 8.30. The molecule has 0 radical (unpaired) electrons. The van der Waals surface area contributed by atoms with E-state index in [0.717, 1.165) is 0 Å². The molecule has 0 atom stereocenters. The summed E-state index contributed by atoms with van der Waals surface area (Å²) in [5, 5.41) is 0. The van der Waals surface area contributed by atoms with Gasteiger partial charge in [0.05, 0.1) is 0 Å². The van der Waals surface area contributed by atoms with Crippen LogP contribution in [0.4, 0.5) is 0 Å². The van der Waals surface area contributed by atoms with E-state index in [-0.39, 0.29) is 0 Å². The molecule has 104 valence electrons. The van der Waals surface area contributed by atoms with Crippen LogP contribution in [-0.2, 0) is 0 Å². The van der Waals surface area contributed by atoms with Crippen molar-refractivity contribution in [3.05, 3.63) is 78.4 Å². The highest BCUT2D eigenvalue weighted by Gasteiger charge is 2.00. The number of hydrogen-bond donors (Lipinski definition) is 0. The van der Waals surface area contributed by atoms with Crippen LogP contribution in [0.1, 0.15) is 5.56 Å². The summed E-state index contributed by atoms with van der Waals surface area (Å²) in [5.41, 5.74) is 6.36. The van der Waals surface area contributed by atoms with Gasteiger partial charge in [0.1, 0.15) is 0 Å². The number of rotatable bonds is 3. The van der Waals surface area contributed by atoms with E-state index in [0.29, 0.717) is 0 Å². The predicted molar refractivity (Wildman–Crippen MR) is 93.8 cm³/mol. The van der Waals surface area contributed by atoms with E-state index in [2.05, 4.69) is 86.0 Å². The zero-order chi connectivity index (χ0) is 14.7. The molecule has 0 bridgehead atoms. The quantitative estimate of drug-likeness (QED) is 0.529. The van der Waals surface area contributed by atoms with Crippen molar-refractivity contribution in [3.8, 4) is 22.3 Å². The van der Waals surface area contributed by atoms with Gasteiger partial charge in [0.2, 0.25) is 0 Å². The summed E-state index contributed by atoms with van der Waals surface area (Å²) in [4.78, 5) is 1.30. The van der Waals surface area contributed by atoms with Crippen molar-refractivity contribution in [2.75, 3.05) is 6.26 Å². The van der Waals surface area contributed by atoms with Crippen LogP contribution in [-0.4, -0.2) is 6.26 Å². The molecule has 21 heavy (non-hydrogen) atoms. The van der Waals surface area contributed by atoms with Gasteiger partial charge >= 0.3 is 0 Å². The van der Waals surface area contributed by atoms with Gasteiger partial charge in [0.15, 0.2) is 0 Å². The average molecular weight is 290 g/mol. The Kier molecular flexibility index (Phi) is 4.12. The summed E-state index contributed by atoms with van der Waals surface area (Å²) in [6, 6.07) is 26.2. The molecule has 3 aromatic rings. The number of hydrogen-bond acceptors (Lipinski definition) is 1. The third-order valence-electron chi connectivity index (χ3n) is 3.69. The summed E-state index contributed by atoms with van der Waals surface area (Å²) in [6.07, 6.45) is 2.10. The van der Waals surface area contributed by atoms with Crippen LogP contribution in [0.15, 0.2) is 77.7 Å². The highest BCUT2D eigenvalue weighted by molar-refractivity contribution is 7.98. The number of benzene rings is 3. The second-order valence-electron chi connectivity index (χ2n) is 5.17. The lowest BCUT2D eigenvalue weighted by atomic mass is 10.00. The van der Waals surface area contributed by atoms with Gasteiger partial charge in [-0.05, 0) is 47.6 Å². The van der Waals surface area contributed by atoms with E-state index in [9.17, 15) is 0 Å². The van der Waals surface area contributed by atoms with Crippen molar-refractivity contribution in [1.29, 1.82) is 0 Å². The van der Waals surface area contributed by atoms with Crippen LogP contribution in [0.3, 0.4) is 0 Å². The van der Waals surface area contributed by atoms with Crippen LogP contribution in [0.5, 0.6) is 0 Å². The lowest BCUT2D eigenvalue weighted by molar-refractivity contribution is 1.46. The van der Waals surface area contributed by atoms with E-state index in [1.54, 1.807) is 11.8 Å². The van der Waals surface area contributed by atoms with Gasteiger partial charge in [-0.25, -0.2) is 0 Å². The van der Waals surface area contributed by atoms with Crippen molar-refractivity contribution < 1.29 is 0 Å². The first-order chi connectivity index (χ1) is 10.3. The van der Waals surface area contributed by atoms with Gasteiger partial charge < -0.3 is 0 Å². The van der Waals surface area contributed by atoms with Gasteiger partial charge in [0.25, 0.3) is 0 Å². The number of thioether (sulfide) groups is 1. The summed E-state index contributed by atoms with van der Waals surface area (Å²) in [5.74, 6) is 0. The average Bonchev–Trinajstić information content (AvgIpc) is 2.56. The maximum atomic E-state index is 2.20. The van der Waals surface area contributed by atoms with E-state index in [1.807, 2.05) is 0 Å². The fraction of sp³-hybridized carbons (Fsp3) is 0.100. The number of aryl methyl sites for hydroxylation is 1. The van der Waals surface area contributed by atoms with E-state index >= 15 is 0 Å². The Morgan fingerprint density at radius 3 is 1.24 bits per heavy atom. The summed E-state index contributed by atoms with van der Waals surface area (Å²) >= 11 is 1.77. The molecule has 0 aromatic heterocycles. The molecule has 0 fully saturated rings. The Balaban J connectivity index is 1.87. The second-order valence-corrected chi connectivity index (χ2v) is 6.05. The Hall–Kier alpha value is -1.99. The molecule has 0 aliphatic rings. The van der Waals surface area contributed by atoms with E-state index < -0.39 is 0 Å². The topological polar surface area (TPSA) is 0 Å². The van der Waals surface area contributed by atoms with Gasteiger partial charge in [-0.1, -0.05) is 66.2 Å². The largest absolute Gasteiger partial charge is 0.130 e. The van der Waals surface area contributed by atoms with Gasteiger partial charge in [-0.2, -0.15) is 0 Å². The van der Waals surface area contributed by atoms with Gasteiger partial charge in [-0.15, -0.1) is 11.8 Å². The van der Waals surface area contributed by atoms with E-state index in [1.165, 1.54) is 32.7 Å².